The number of carboxylic acid groups (broad SMARTS) is 10. The molecule has 2 aromatic rings. The summed E-state index contributed by atoms with van der Waals surface area (Å²) in [6.45, 7) is -5.69. The van der Waals surface area contributed by atoms with Crippen LogP contribution in [0, 0.1) is 35.5 Å². The highest BCUT2D eigenvalue weighted by Crippen LogP contribution is 2.42. The Labute approximate surface area is 867 Å². The predicted octanol–water partition coefficient (Wildman–Crippen LogP) is -12.7. The second kappa shape index (κ2) is 55.9. The Bertz CT molecular complexity index is 5340. The van der Waals surface area contributed by atoms with Crippen LogP contribution < -0.4 is 61.6 Å². The summed E-state index contributed by atoms with van der Waals surface area (Å²) >= 11 is 0. The molecule has 5 unspecified atom stereocenters. The van der Waals surface area contributed by atoms with E-state index in [4.69, 9.17) is 138 Å². The molecule has 61 nitrogen and oxygen atoms in total. The molecule has 2 aromatic carbocycles. The van der Waals surface area contributed by atoms with Crippen LogP contribution in [-0.2, 0) is 110 Å². The number of nitrogens with two attached hydrogens (primary N) is 10. The summed E-state index contributed by atoms with van der Waals surface area (Å²) in [5.74, 6) is -17.3. The Morgan fingerprint density at radius 3 is 0.847 bits per heavy atom. The monoisotopic (exact) mass is 2240 g/mol. The third kappa shape index (κ3) is 34.9. The minimum Gasteiger partial charge on any atom is -0.480 e. The van der Waals surface area contributed by atoms with Crippen molar-refractivity contribution in [3.63, 3.8) is 0 Å². The first kappa shape index (κ1) is 130. The molecule has 848 valence electrons. The third-order valence-corrected chi connectivity index (χ3v) is 37.1. The Kier molecular flexibility index (Phi) is 48.7. The van der Waals surface area contributed by atoms with Crippen LogP contribution in [-0.4, -0.2) is 465 Å². The van der Waals surface area contributed by atoms with E-state index in [1.54, 1.807) is 48.5 Å². The normalized spacial score (nSPS) is 25.1. The third-order valence-electron chi connectivity index (χ3n) is 27.6. The quantitative estimate of drug-likeness (QED) is 0.0274. The summed E-state index contributed by atoms with van der Waals surface area (Å²) in [4.78, 5) is 115. The van der Waals surface area contributed by atoms with Crippen LogP contribution in [0.25, 0.3) is 0 Å². The molecule has 6 heterocycles. The number of para-hydroxylation sites is 1. The molecule has 0 radical (unpaired) electrons. The van der Waals surface area contributed by atoms with E-state index in [1.807, 2.05) is 0 Å². The van der Waals surface area contributed by atoms with Gasteiger partial charge in [-0.1, -0.05) is 87.1 Å². The van der Waals surface area contributed by atoms with E-state index in [2.05, 4.69) is 0 Å². The van der Waals surface area contributed by atoms with E-state index in [-0.39, 0.29) is 172 Å². The molecule has 6 aliphatic heterocycles. The lowest BCUT2D eigenvalue weighted by molar-refractivity contribution is -0.145. The molecule has 6 saturated heterocycles. The minimum atomic E-state index is -4.38. The van der Waals surface area contributed by atoms with Gasteiger partial charge in [-0.2, -0.15) is 80.8 Å². The smallest absolute Gasteiger partial charge is 0.451 e. The number of carboxylic acids is 10. The van der Waals surface area contributed by atoms with Gasteiger partial charge in [0.1, 0.15) is 57.9 Å². The van der Waals surface area contributed by atoms with Gasteiger partial charge in [0.25, 0.3) is 40.8 Å². The lowest BCUT2D eigenvalue weighted by atomic mass is 9.78. The van der Waals surface area contributed by atoms with Crippen molar-refractivity contribution in [3.05, 3.63) is 66.2 Å². The van der Waals surface area contributed by atoms with E-state index in [1.165, 1.54) is 12.1 Å². The fourth-order valence-corrected chi connectivity index (χ4v) is 27.1. The van der Waals surface area contributed by atoms with Crippen molar-refractivity contribution in [2.24, 2.45) is 92.8 Å². The number of hydrogen-bond acceptors (Lipinski definition) is 41. The van der Waals surface area contributed by atoms with Crippen molar-refractivity contribution in [1.29, 1.82) is 0 Å². The van der Waals surface area contributed by atoms with Gasteiger partial charge in [0.05, 0.1) is 31.5 Å². The van der Waals surface area contributed by atoms with Crippen LogP contribution in [0.5, 0.6) is 0 Å². The van der Waals surface area contributed by atoms with Gasteiger partial charge in [0.15, 0.2) is 0 Å². The fraction of sp³-hybridized carbons (Fsp3) is 0.722. The first-order valence-electron chi connectivity index (χ1n) is 47.8. The summed E-state index contributed by atoms with van der Waals surface area (Å²) in [5.41, 5.74) is 49.6. The zero-order valence-electron chi connectivity index (χ0n) is 82.0. The number of ether oxygens (including phenoxy) is 1. The maximum atomic E-state index is 13.4. The van der Waals surface area contributed by atoms with Gasteiger partial charge in [-0.15, -0.1) is 0 Å². The molecule has 2 aliphatic carbocycles. The van der Waals surface area contributed by atoms with Gasteiger partial charge < -0.3 is 163 Å². The highest BCUT2D eigenvalue weighted by molar-refractivity contribution is 7.90. The number of hydrogen-bond donors (Lipinski definition) is 30. The largest absolute Gasteiger partial charge is 0.480 e. The molecule has 0 spiro atoms. The second-order valence-corrected chi connectivity index (χ2v) is 48.3. The van der Waals surface area contributed by atoms with Crippen molar-refractivity contribution >= 4 is 152 Å². The highest BCUT2D eigenvalue weighted by Gasteiger charge is 2.60. The number of benzene rings is 2. The molecule has 8 aliphatic rings. The van der Waals surface area contributed by atoms with E-state index in [0.29, 0.717) is 18.4 Å². The second-order valence-electron chi connectivity index (χ2n) is 38.8. The zero-order valence-corrected chi connectivity index (χ0v) is 86.1. The zero-order chi connectivity index (χ0) is 113. The highest BCUT2D eigenvalue weighted by atomic mass is 32.2. The number of rotatable bonds is 57. The maximum absolute atomic E-state index is 13.4. The Balaban J connectivity index is 0.000000286. The van der Waals surface area contributed by atoms with E-state index < -0.39 is 305 Å². The van der Waals surface area contributed by atoms with E-state index in [9.17, 15) is 116 Å². The van der Waals surface area contributed by atoms with Crippen molar-refractivity contribution < 1.29 is 196 Å². The molecule has 15 atom stereocenters. The van der Waals surface area contributed by atoms with Crippen molar-refractivity contribution in [3.8, 4) is 0 Å². The summed E-state index contributed by atoms with van der Waals surface area (Å²) in [5, 5.41) is 183. The molecule has 8 fully saturated rings. The number of anilines is 1. The molecular formula is C79H141B5N20O41S5. The van der Waals surface area contributed by atoms with Crippen LogP contribution >= 0.6 is 0 Å². The van der Waals surface area contributed by atoms with E-state index >= 15 is 0 Å². The summed E-state index contributed by atoms with van der Waals surface area (Å²) in [6, 6.07) is 7.97. The van der Waals surface area contributed by atoms with Gasteiger partial charge in [-0.3, -0.25) is 52.3 Å². The van der Waals surface area contributed by atoms with Gasteiger partial charge in [0, 0.05) is 140 Å². The Morgan fingerprint density at radius 2 is 0.593 bits per heavy atom. The number of aliphatic carboxylic acids is 10. The Morgan fingerprint density at radius 1 is 0.340 bits per heavy atom. The molecule has 40 N–H and O–H groups in total. The van der Waals surface area contributed by atoms with Crippen LogP contribution in [0.4, 0.5) is 5.69 Å². The maximum Gasteiger partial charge on any atom is 0.451 e. The van der Waals surface area contributed by atoms with Crippen LogP contribution in [0.3, 0.4) is 0 Å². The minimum absolute atomic E-state index is 0.00203. The predicted molar refractivity (Wildman–Crippen MR) is 532 cm³/mol. The van der Waals surface area contributed by atoms with E-state index in [0.717, 1.165) is 62.3 Å². The molecule has 0 bridgehead atoms. The first-order chi connectivity index (χ1) is 69.4. The fourth-order valence-electron chi connectivity index (χ4n) is 17.9. The molecule has 0 amide bonds. The standard InChI is InChI=1S/C18H29BN4O8S.C17H27BN4O8S.2C15H29BN4O8S.C14H27BN4O9S/c20-15(16(24)25)11-22(9-13-5-2-1-3-6-13)32(30,31)23-10-14(7-4-8-19(28)29)18(21,12-23)17(26)27;19-14(15(23)24)10-22(13-6-2-1-3-7-13)31(29,30)21-9-12(5-4-8-18(27)28)17(20,11-21)16(25)26;17-12(13(21)22)8-20(11-4-1-5-11)29(27,28)19-7-10(3-2-6-16(25)26)15(18,9-19)14(23)24;17-12(13(21)22)8-19(6-10-3-4-10)29(27,28)20-7-11(2-1-5-16(25)26)15(18,9-20)14(23)24;16-11(12(20)21)5-19(10-6-28-7-10)29(26,27)18-4-9(2-1-3-15(24)25)14(17,8-18)13(22)23/h1-3,5-6,14-15,28-29H,4,7-12,20-21H2,(H,24,25)(H,26,27);1-3,6-7,12,14,27-28H,4-5,8-11,19-20H2,(H,23,24)(H,25,26);2*10-12,25-26H,1-9,17-18H2,(H,21,22)(H,23,24);9-11,24-25H,1-8,16-17H2,(H,20,21)(H,22,23)/t14-,15?,18-;12-,14?,17-;10-,12?,15-;11-,12?,15-;9-,11?,14-/m00000/s1. The van der Waals surface area contributed by atoms with Crippen LogP contribution in [0.1, 0.15) is 102 Å². The molecular weight excluding hydrogens is 2100 g/mol. The molecule has 0 aromatic heterocycles. The SMILES string of the molecule is NC(CN(C1CCC1)S(=O)(=O)N1C[C@H](CCCB(O)O)[C@](N)(C(=O)O)C1)C(=O)O.NC(CN(C1COC1)S(=O)(=O)N1C[C@H](CCCB(O)O)[C@](N)(C(=O)O)C1)C(=O)O.NC(CN(CC1CC1)S(=O)(=O)N1C[C@H](CCCB(O)O)[C@](N)(C(=O)O)C1)C(=O)O.NC(CN(Cc1ccccc1)S(=O)(=O)N1C[C@H](CCCB(O)O)[C@](N)(C(=O)O)C1)C(=O)O.NC(CN(c1ccccc1)S(=O)(=O)N1C[C@H](CCCB(O)O)[C@](N)(C(=O)O)C1)C(=O)O. The lowest BCUT2D eigenvalue weighted by Crippen LogP contribution is -2.60. The summed E-state index contributed by atoms with van der Waals surface area (Å²) in [7, 11) is -29.1. The average molecular weight is 2240 g/mol. The van der Waals surface area contributed by atoms with Gasteiger partial charge in [-0.25, -0.2) is 0 Å². The first-order valence-corrected chi connectivity index (χ1v) is 54.7. The molecule has 2 saturated carbocycles. The van der Waals surface area contributed by atoms with Crippen molar-refractivity contribution in [2.75, 3.05) is 122 Å². The summed E-state index contributed by atoms with van der Waals surface area (Å²) in [6.07, 6.45) is 5.75. The lowest BCUT2D eigenvalue weighted by Gasteiger charge is -2.39. The topological polar surface area (TPSA) is 1050 Å². The number of nitrogens with zero attached hydrogens (tertiary/aromatic N) is 10. The molecule has 10 rings (SSSR count). The van der Waals surface area contributed by atoms with Crippen LogP contribution in [0.2, 0.25) is 31.6 Å². The van der Waals surface area contributed by atoms with Gasteiger partial charge in [-0.05, 0) is 113 Å². The average Bonchev–Trinajstić information content (AvgIpc) is 1.61. The molecule has 150 heavy (non-hydrogen) atoms. The van der Waals surface area contributed by atoms with Crippen molar-refractivity contribution in [2.45, 2.75) is 204 Å². The molecule has 71 heteroatoms. The van der Waals surface area contributed by atoms with Gasteiger partial charge in [0.2, 0.25) is 0 Å². The van der Waals surface area contributed by atoms with Crippen molar-refractivity contribution in [1.82, 2.24) is 38.7 Å². The number of carbonyl (C=O) groups is 10. The van der Waals surface area contributed by atoms with Crippen LogP contribution in [0.15, 0.2) is 60.7 Å². The van der Waals surface area contributed by atoms with Gasteiger partial charge >= 0.3 is 105 Å². The summed E-state index contributed by atoms with van der Waals surface area (Å²) < 4.78 is 147. The Hall–Kier alpha value is -8.19.